The van der Waals surface area contributed by atoms with E-state index in [-0.39, 0.29) is 11.7 Å². The van der Waals surface area contributed by atoms with Crippen molar-refractivity contribution in [2.24, 2.45) is 0 Å². The quantitative estimate of drug-likeness (QED) is 0.690. The van der Waals surface area contributed by atoms with Crippen LogP contribution in [0.1, 0.15) is 27.0 Å². The van der Waals surface area contributed by atoms with E-state index in [1.165, 1.54) is 18.5 Å². The average Bonchev–Trinajstić information content (AvgIpc) is 2.67. The van der Waals surface area contributed by atoms with Crippen molar-refractivity contribution < 1.29 is 9.18 Å². The standard InChI is InChI=1S/C21H21FN4O/c1-14-6-5-7-15(2)19(14)26-20(27)17-12-24-21(25-13-17)23-11-10-16-8-3-4-9-18(16)22/h3-9,12-13H,10-11H2,1-2H3,(H,26,27)(H,23,24,25). The molecule has 27 heavy (non-hydrogen) atoms. The summed E-state index contributed by atoms with van der Waals surface area (Å²) in [4.78, 5) is 20.7. The first-order chi connectivity index (χ1) is 13.0. The van der Waals surface area contributed by atoms with Crippen LogP contribution in [0.25, 0.3) is 0 Å². The number of halogens is 1. The third kappa shape index (κ3) is 4.67. The van der Waals surface area contributed by atoms with Crippen LogP contribution in [-0.4, -0.2) is 22.4 Å². The molecule has 6 heteroatoms. The van der Waals surface area contributed by atoms with Gasteiger partial charge in [0.2, 0.25) is 5.95 Å². The number of amides is 1. The molecule has 0 spiro atoms. The summed E-state index contributed by atoms with van der Waals surface area (Å²) in [5.41, 5.74) is 3.80. The van der Waals surface area contributed by atoms with Crippen molar-refractivity contribution in [1.29, 1.82) is 0 Å². The molecule has 2 aromatic carbocycles. The second kappa shape index (κ2) is 8.40. The van der Waals surface area contributed by atoms with Gasteiger partial charge in [-0.25, -0.2) is 14.4 Å². The molecule has 0 aliphatic rings. The van der Waals surface area contributed by atoms with Crippen molar-refractivity contribution in [3.05, 3.63) is 82.9 Å². The van der Waals surface area contributed by atoms with Crippen LogP contribution in [-0.2, 0) is 6.42 Å². The number of nitrogens with one attached hydrogen (secondary N) is 2. The summed E-state index contributed by atoms with van der Waals surface area (Å²) in [6.07, 6.45) is 3.47. The fourth-order valence-electron chi connectivity index (χ4n) is 2.74. The summed E-state index contributed by atoms with van der Waals surface area (Å²) in [7, 11) is 0. The van der Waals surface area contributed by atoms with Crippen molar-refractivity contribution >= 4 is 17.5 Å². The normalized spacial score (nSPS) is 10.5. The number of hydrogen-bond donors (Lipinski definition) is 2. The summed E-state index contributed by atoms with van der Waals surface area (Å²) in [6.45, 7) is 4.39. The van der Waals surface area contributed by atoms with Crippen molar-refractivity contribution in [2.75, 3.05) is 17.2 Å². The molecule has 0 saturated carbocycles. The van der Waals surface area contributed by atoms with Crippen molar-refractivity contribution in [3.63, 3.8) is 0 Å². The first-order valence-electron chi connectivity index (χ1n) is 8.71. The SMILES string of the molecule is Cc1cccc(C)c1NC(=O)c1cnc(NCCc2ccccc2F)nc1. The lowest BCUT2D eigenvalue weighted by Gasteiger charge is -2.11. The molecular weight excluding hydrogens is 343 g/mol. The Balaban J connectivity index is 1.58. The molecule has 0 bridgehead atoms. The van der Waals surface area contributed by atoms with E-state index in [1.807, 2.05) is 32.0 Å². The first-order valence-corrected chi connectivity index (χ1v) is 8.71. The number of nitrogens with zero attached hydrogens (tertiary/aromatic N) is 2. The minimum absolute atomic E-state index is 0.223. The molecule has 3 aromatic rings. The zero-order chi connectivity index (χ0) is 19.2. The van der Waals surface area contributed by atoms with Gasteiger partial charge in [-0.15, -0.1) is 0 Å². The lowest BCUT2D eigenvalue weighted by molar-refractivity contribution is 0.102. The third-order valence-electron chi connectivity index (χ3n) is 4.27. The van der Waals surface area contributed by atoms with Crippen molar-refractivity contribution in [1.82, 2.24) is 9.97 Å². The van der Waals surface area contributed by atoms with Gasteiger partial charge in [0.05, 0.1) is 5.56 Å². The van der Waals surface area contributed by atoms with Crippen LogP contribution in [0.4, 0.5) is 16.0 Å². The molecule has 0 unspecified atom stereocenters. The summed E-state index contributed by atoms with van der Waals surface area (Å²) < 4.78 is 13.6. The van der Waals surface area contributed by atoms with Crippen LogP contribution in [0.3, 0.4) is 0 Å². The van der Waals surface area contributed by atoms with E-state index in [9.17, 15) is 9.18 Å². The van der Waals surface area contributed by atoms with Gasteiger partial charge in [-0.3, -0.25) is 4.79 Å². The van der Waals surface area contributed by atoms with Crippen LogP contribution in [0.5, 0.6) is 0 Å². The van der Waals surface area contributed by atoms with E-state index < -0.39 is 0 Å². The maximum absolute atomic E-state index is 13.6. The average molecular weight is 364 g/mol. The van der Waals surface area contributed by atoms with Gasteiger partial charge in [0.15, 0.2) is 0 Å². The molecule has 138 valence electrons. The number of hydrogen-bond acceptors (Lipinski definition) is 4. The second-order valence-corrected chi connectivity index (χ2v) is 6.28. The Hall–Kier alpha value is -3.28. The molecule has 2 N–H and O–H groups in total. The van der Waals surface area contributed by atoms with Gasteiger partial charge in [0.25, 0.3) is 5.91 Å². The summed E-state index contributed by atoms with van der Waals surface area (Å²) in [5.74, 6) is -0.0843. The lowest BCUT2D eigenvalue weighted by Crippen LogP contribution is -2.15. The third-order valence-corrected chi connectivity index (χ3v) is 4.27. The van der Waals surface area contributed by atoms with Gasteiger partial charge in [-0.2, -0.15) is 0 Å². The van der Waals surface area contributed by atoms with Gasteiger partial charge in [0.1, 0.15) is 5.82 Å². The first kappa shape index (κ1) is 18.5. The molecule has 1 amide bonds. The van der Waals surface area contributed by atoms with Crippen LogP contribution >= 0.6 is 0 Å². The summed E-state index contributed by atoms with van der Waals surface area (Å²) >= 11 is 0. The Bertz CT molecular complexity index is 921. The van der Waals surface area contributed by atoms with E-state index in [1.54, 1.807) is 18.2 Å². The molecule has 1 aromatic heterocycles. The molecule has 1 heterocycles. The Kier molecular flexibility index (Phi) is 5.76. The Morgan fingerprint density at radius 3 is 2.33 bits per heavy atom. The maximum atomic E-state index is 13.6. The maximum Gasteiger partial charge on any atom is 0.258 e. The van der Waals surface area contributed by atoms with Gasteiger partial charge in [0, 0.05) is 24.6 Å². The largest absolute Gasteiger partial charge is 0.354 e. The van der Waals surface area contributed by atoms with Gasteiger partial charge < -0.3 is 10.6 Å². The van der Waals surface area contributed by atoms with E-state index in [4.69, 9.17) is 0 Å². The molecule has 0 fully saturated rings. The number of aryl methyl sites for hydroxylation is 2. The van der Waals surface area contributed by atoms with E-state index in [0.29, 0.717) is 30.0 Å². The van der Waals surface area contributed by atoms with Gasteiger partial charge in [-0.1, -0.05) is 36.4 Å². The Morgan fingerprint density at radius 2 is 1.67 bits per heavy atom. The Morgan fingerprint density at radius 1 is 1.00 bits per heavy atom. The van der Waals surface area contributed by atoms with Crippen LogP contribution < -0.4 is 10.6 Å². The van der Waals surface area contributed by atoms with Crippen molar-refractivity contribution in [2.45, 2.75) is 20.3 Å². The number of carbonyl (C=O) groups excluding carboxylic acids is 1. The van der Waals surface area contributed by atoms with E-state index in [2.05, 4.69) is 20.6 Å². The molecule has 5 nitrogen and oxygen atoms in total. The topological polar surface area (TPSA) is 66.9 Å². The molecule has 0 aliphatic carbocycles. The molecule has 0 aliphatic heterocycles. The van der Waals surface area contributed by atoms with E-state index >= 15 is 0 Å². The predicted molar refractivity (Wildman–Crippen MR) is 104 cm³/mol. The van der Waals surface area contributed by atoms with Crippen LogP contribution in [0, 0.1) is 19.7 Å². The van der Waals surface area contributed by atoms with Crippen LogP contribution in [0.15, 0.2) is 54.9 Å². The van der Waals surface area contributed by atoms with Gasteiger partial charge in [-0.05, 0) is 43.0 Å². The lowest BCUT2D eigenvalue weighted by atomic mass is 10.1. The number of carbonyl (C=O) groups is 1. The highest BCUT2D eigenvalue weighted by Gasteiger charge is 2.11. The van der Waals surface area contributed by atoms with Crippen molar-refractivity contribution in [3.8, 4) is 0 Å². The number of rotatable bonds is 6. The number of anilines is 2. The predicted octanol–water partition coefficient (Wildman–Crippen LogP) is 4.14. The number of benzene rings is 2. The van der Waals surface area contributed by atoms with Gasteiger partial charge >= 0.3 is 0 Å². The van der Waals surface area contributed by atoms with Crippen LogP contribution in [0.2, 0.25) is 0 Å². The minimum Gasteiger partial charge on any atom is -0.354 e. The molecular formula is C21H21FN4O. The van der Waals surface area contributed by atoms with E-state index in [0.717, 1.165) is 16.8 Å². The number of aromatic nitrogens is 2. The fraction of sp³-hybridized carbons (Fsp3) is 0.190. The molecule has 0 atom stereocenters. The zero-order valence-electron chi connectivity index (χ0n) is 15.3. The summed E-state index contributed by atoms with van der Waals surface area (Å²) in [5, 5.41) is 5.94. The second-order valence-electron chi connectivity index (χ2n) is 6.28. The Labute approximate surface area is 157 Å². The molecule has 0 radical (unpaired) electrons. The number of para-hydroxylation sites is 1. The highest BCUT2D eigenvalue weighted by Crippen LogP contribution is 2.20. The summed E-state index contributed by atoms with van der Waals surface area (Å²) in [6, 6.07) is 12.5. The molecule has 3 rings (SSSR count). The highest BCUT2D eigenvalue weighted by atomic mass is 19.1. The minimum atomic E-state index is -0.259. The monoisotopic (exact) mass is 364 g/mol. The smallest absolute Gasteiger partial charge is 0.258 e. The molecule has 0 saturated heterocycles. The fourth-order valence-corrected chi connectivity index (χ4v) is 2.74. The highest BCUT2D eigenvalue weighted by molar-refractivity contribution is 6.04. The zero-order valence-corrected chi connectivity index (χ0v) is 15.3.